The van der Waals surface area contributed by atoms with Crippen LogP contribution in [0.3, 0.4) is 0 Å². The maximum atomic E-state index is 11.9. The second kappa shape index (κ2) is 7.93. The fourth-order valence-electron chi connectivity index (χ4n) is 1.95. The molecule has 2 amide bonds. The molecular weight excluding hydrogens is 288 g/mol. The van der Waals surface area contributed by atoms with Crippen molar-refractivity contribution in [1.29, 1.82) is 0 Å². The smallest absolute Gasteiger partial charge is 0.233 e. The zero-order valence-corrected chi connectivity index (χ0v) is 12.9. The first-order chi connectivity index (χ1) is 10.2. The molecule has 1 atom stereocenters. The summed E-state index contributed by atoms with van der Waals surface area (Å²) in [6.45, 7) is 3.41. The third kappa shape index (κ3) is 4.97. The lowest BCUT2D eigenvalue weighted by Gasteiger charge is -2.20. The second-order valence-electron chi connectivity index (χ2n) is 4.78. The van der Waals surface area contributed by atoms with Crippen molar-refractivity contribution in [3.8, 4) is 5.75 Å². The number of amides is 2. The third-order valence-corrected chi connectivity index (χ3v) is 4.22. The Balaban J connectivity index is 1.83. The summed E-state index contributed by atoms with van der Waals surface area (Å²) < 4.78 is 5.48. The number of carbonyl (C=O) groups is 2. The molecule has 0 bridgehead atoms. The van der Waals surface area contributed by atoms with Crippen LogP contribution in [-0.4, -0.2) is 36.0 Å². The van der Waals surface area contributed by atoms with Gasteiger partial charge in [-0.25, -0.2) is 0 Å². The normalized spacial score (nSPS) is 18.0. The van der Waals surface area contributed by atoms with Crippen LogP contribution >= 0.6 is 11.8 Å². The Morgan fingerprint density at radius 1 is 1.43 bits per heavy atom. The van der Waals surface area contributed by atoms with Crippen LogP contribution in [0.15, 0.2) is 24.3 Å². The van der Waals surface area contributed by atoms with Gasteiger partial charge in [-0.3, -0.25) is 9.59 Å². The Hall–Kier alpha value is -1.69. The van der Waals surface area contributed by atoms with Crippen LogP contribution in [-0.2, 0) is 9.59 Å². The van der Waals surface area contributed by atoms with Crippen LogP contribution < -0.4 is 15.4 Å². The van der Waals surface area contributed by atoms with Gasteiger partial charge in [-0.05, 0) is 30.7 Å². The van der Waals surface area contributed by atoms with Crippen LogP contribution in [0.2, 0.25) is 0 Å². The van der Waals surface area contributed by atoms with E-state index in [1.165, 1.54) is 11.8 Å². The number of thioether (sulfide) groups is 1. The van der Waals surface area contributed by atoms with Gasteiger partial charge in [0.2, 0.25) is 11.8 Å². The lowest BCUT2D eigenvalue weighted by molar-refractivity contribution is -0.123. The highest BCUT2D eigenvalue weighted by Gasteiger charge is 2.25. The molecule has 6 heteroatoms. The molecule has 0 aliphatic carbocycles. The van der Waals surface area contributed by atoms with E-state index in [0.29, 0.717) is 18.8 Å². The quantitative estimate of drug-likeness (QED) is 0.844. The number of rotatable bonds is 6. The molecule has 5 nitrogen and oxygen atoms in total. The summed E-state index contributed by atoms with van der Waals surface area (Å²) in [4.78, 5) is 23.5. The zero-order chi connectivity index (χ0) is 15.1. The van der Waals surface area contributed by atoms with E-state index in [9.17, 15) is 9.59 Å². The van der Waals surface area contributed by atoms with Gasteiger partial charge in [0.15, 0.2) is 0 Å². The molecule has 2 rings (SSSR count). The monoisotopic (exact) mass is 308 g/mol. The molecule has 1 saturated heterocycles. The highest BCUT2D eigenvalue weighted by Crippen LogP contribution is 2.20. The standard InChI is InChI=1S/C15H20N2O3S/c1-2-8-20-12-5-3-11(4-6-12)17-14(18)10-13-15(19)16-7-9-21-13/h3-6,13H,2,7-10H2,1H3,(H,16,19)(H,17,18)/t13-/m1/s1. The number of benzene rings is 1. The lowest BCUT2D eigenvalue weighted by atomic mass is 10.2. The molecule has 0 aromatic heterocycles. The number of hydrogen-bond acceptors (Lipinski definition) is 4. The second-order valence-corrected chi connectivity index (χ2v) is 6.09. The highest BCUT2D eigenvalue weighted by molar-refractivity contribution is 8.00. The maximum Gasteiger partial charge on any atom is 0.233 e. The molecule has 0 radical (unpaired) electrons. The van der Waals surface area contributed by atoms with Crippen LogP contribution in [0.5, 0.6) is 5.75 Å². The highest BCUT2D eigenvalue weighted by atomic mass is 32.2. The molecule has 114 valence electrons. The summed E-state index contributed by atoms with van der Waals surface area (Å²) >= 11 is 1.53. The van der Waals surface area contributed by atoms with Crippen molar-refractivity contribution >= 4 is 29.3 Å². The summed E-state index contributed by atoms with van der Waals surface area (Å²) in [7, 11) is 0. The number of anilines is 1. The SMILES string of the molecule is CCCOc1ccc(NC(=O)C[C@H]2SCCNC2=O)cc1. The first kappa shape index (κ1) is 15.7. The summed E-state index contributed by atoms with van der Waals surface area (Å²) in [5, 5.41) is 5.29. The van der Waals surface area contributed by atoms with Crippen molar-refractivity contribution in [2.24, 2.45) is 0 Å². The summed E-state index contributed by atoms with van der Waals surface area (Å²) in [5.74, 6) is 1.45. The molecule has 1 aliphatic heterocycles. The van der Waals surface area contributed by atoms with Crippen molar-refractivity contribution in [3.63, 3.8) is 0 Å². The maximum absolute atomic E-state index is 11.9. The van der Waals surface area contributed by atoms with Crippen molar-refractivity contribution in [2.45, 2.75) is 25.0 Å². The van der Waals surface area contributed by atoms with E-state index >= 15 is 0 Å². The van der Waals surface area contributed by atoms with Crippen molar-refractivity contribution in [2.75, 3.05) is 24.2 Å². The molecule has 2 N–H and O–H groups in total. The molecule has 1 heterocycles. The summed E-state index contributed by atoms with van der Waals surface area (Å²) in [6.07, 6.45) is 1.16. The van der Waals surface area contributed by atoms with Gasteiger partial charge in [-0.1, -0.05) is 6.92 Å². The number of hydrogen-bond donors (Lipinski definition) is 2. The van der Waals surface area contributed by atoms with E-state index in [2.05, 4.69) is 10.6 Å². The summed E-state index contributed by atoms with van der Waals surface area (Å²) in [5.41, 5.74) is 0.713. The van der Waals surface area contributed by atoms with Gasteiger partial charge in [0, 0.05) is 24.4 Å². The fourth-order valence-corrected chi connectivity index (χ4v) is 2.96. The molecule has 1 aliphatic rings. The van der Waals surface area contributed by atoms with Gasteiger partial charge < -0.3 is 15.4 Å². The van der Waals surface area contributed by atoms with Crippen LogP contribution in [0.4, 0.5) is 5.69 Å². The molecule has 0 saturated carbocycles. The van der Waals surface area contributed by atoms with Gasteiger partial charge in [0.1, 0.15) is 5.75 Å². The lowest BCUT2D eigenvalue weighted by Crippen LogP contribution is -2.40. The average molecular weight is 308 g/mol. The van der Waals surface area contributed by atoms with Crippen molar-refractivity contribution in [3.05, 3.63) is 24.3 Å². The van der Waals surface area contributed by atoms with Crippen molar-refractivity contribution in [1.82, 2.24) is 5.32 Å². The zero-order valence-electron chi connectivity index (χ0n) is 12.1. The van der Waals surface area contributed by atoms with Gasteiger partial charge in [-0.15, -0.1) is 11.8 Å². The molecule has 1 aromatic carbocycles. The van der Waals surface area contributed by atoms with E-state index in [-0.39, 0.29) is 23.5 Å². The predicted molar refractivity (Wildman–Crippen MR) is 84.7 cm³/mol. The molecular formula is C15H20N2O3S. The van der Waals surface area contributed by atoms with E-state index in [4.69, 9.17) is 4.74 Å². The topological polar surface area (TPSA) is 67.4 Å². The number of ether oxygens (including phenoxy) is 1. The van der Waals surface area contributed by atoms with E-state index in [1.807, 2.05) is 19.1 Å². The number of carbonyl (C=O) groups excluding carboxylic acids is 2. The van der Waals surface area contributed by atoms with Gasteiger partial charge in [-0.2, -0.15) is 0 Å². The largest absolute Gasteiger partial charge is 0.494 e. The van der Waals surface area contributed by atoms with Gasteiger partial charge >= 0.3 is 0 Å². The molecule has 0 spiro atoms. The average Bonchev–Trinajstić information content (AvgIpc) is 2.49. The van der Waals surface area contributed by atoms with E-state index in [0.717, 1.165) is 17.9 Å². The Kier molecular flexibility index (Phi) is 5.92. The van der Waals surface area contributed by atoms with Gasteiger partial charge in [0.05, 0.1) is 11.9 Å². The van der Waals surface area contributed by atoms with Crippen LogP contribution in [0.25, 0.3) is 0 Å². The minimum absolute atomic E-state index is 0.0512. The minimum atomic E-state index is -0.286. The summed E-state index contributed by atoms with van der Waals surface area (Å²) in [6, 6.07) is 7.26. The Morgan fingerprint density at radius 2 is 2.19 bits per heavy atom. The predicted octanol–water partition coefficient (Wildman–Crippen LogP) is 2.04. The van der Waals surface area contributed by atoms with Gasteiger partial charge in [0.25, 0.3) is 0 Å². The molecule has 0 unspecified atom stereocenters. The fraction of sp³-hybridized carbons (Fsp3) is 0.467. The first-order valence-corrected chi connectivity index (χ1v) is 8.16. The van der Waals surface area contributed by atoms with Crippen molar-refractivity contribution < 1.29 is 14.3 Å². The van der Waals surface area contributed by atoms with Crippen LogP contribution in [0, 0.1) is 0 Å². The third-order valence-electron chi connectivity index (χ3n) is 2.99. The van der Waals surface area contributed by atoms with E-state index in [1.54, 1.807) is 12.1 Å². The molecule has 21 heavy (non-hydrogen) atoms. The Bertz CT molecular complexity index is 490. The minimum Gasteiger partial charge on any atom is -0.494 e. The molecule has 1 fully saturated rings. The molecule has 1 aromatic rings. The Labute approximate surface area is 128 Å². The Morgan fingerprint density at radius 3 is 2.86 bits per heavy atom. The number of nitrogens with one attached hydrogen (secondary N) is 2. The van der Waals surface area contributed by atoms with E-state index < -0.39 is 0 Å². The van der Waals surface area contributed by atoms with Crippen LogP contribution in [0.1, 0.15) is 19.8 Å². The first-order valence-electron chi connectivity index (χ1n) is 7.11.